The molecular formula is C21H17FN4O2S. The minimum Gasteiger partial charge on any atom is -0.314 e. The van der Waals surface area contributed by atoms with Crippen molar-refractivity contribution in [2.24, 2.45) is 0 Å². The van der Waals surface area contributed by atoms with Crippen LogP contribution in [-0.4, -0.2) is 27.7 Å². The zero-order chi connectivity index (χ0) is 20.5. The van der Waals surface area contributed by atoms with E-state index < -0.39 is 5.56 Å². The second-order valence-electron chi connectivity index (χ2n) is 6.52. The number of hydrogen-bond donors (Lipinski definition) is 0. The molecule has 2 aromatic carbocycles. The Bertz CT molecular complexity index is 1250. The standard InChI is InChI=1S/C21H17FN4O2S/c1-13-23-19-20(29-13)18(14-8-10-15(22)11-9-14)24-26(21(19)28)12-17(27)25(2)16-6-4-3-5-7-16/h3-11H,12H2,1-2H3. The highest BCUT2D eigenvalue weighted by atomic mass is 32.1. The first-order chi connectivity index (χ1) is 13.9. The molecule has 6 nitrogen and oxygen atoms in total. The van der Waals surface area contributed by atoms with Gasteiger partial charge in [0.05, 0.1) is 9.71 Å². The summed E-state index contributed by atoms with van der Waals surface area (Å²) in [6, 6.07) is 15.0. The molecule has 4 rings (SSSR count). The monoisotopic (exact) mass is 408 g/mol. The lowest BCUT2D eigenvalue weighted by molar-refractivity contribution is -0.119. The number of aryl methyl sites for hydroxylation is 1. The van der Waals surface area contributed by atoms with Crippen molar-refractivity contribution in [3.63, 3.8) is 0 Å². The van der Waals surface area contributed by atoms with Crippen molar-refractivity contribution in [3.8, 4) is 11.3 Å². The van der Waals surface area contributed by atoms with E-state index in [2.05, 4.69) is 10.1 Å². The predicted octanol–water partition coefficient (Wildman–Crippen LogP) is 3.63. The van der Waals surface area contributed by atoms with E-state index in [-0.39, 0.29) is 23.8 Å². The first-order valence-electron chi connectivity index (χ1n) is 8.90. The second-order valence-corrected chi connectivity index (χ2v) is 7.72. The second kappa shape index (κ2) is 7.56. The Morgan fingerprint density at radius 3 is 2.52 bits per heavy atom. The Hall–Kier alpha value is -3.39. The Kier molecular flexibility index (Phi) is 4.94. The third-order valence-corrected chi connectivity index (χ3v) is 5.50. The highest BCUT2D eigenvalue weighted by Gasteiger charge is 2.19. The molecule has 0 aliphatic heterocycles. The number of nitrogens with zero attached hydrogens (tertiary/aromatic N) is 4. The fourth-order valence-electron chi connectivity index (χ4n) is 3.00. The topological polar surface area (TPSA) is 68.1 Å². The van der Waals surface area contributed by atoms with E-state index in [1.807, 2.05) is 30.3 Å². The van der Waals surface area contributed by atoms with E-state index in [1.54, 1.807) is 26.1 Å². The summed E-state index contributed by atoms with van der Waals surface area (Å²) in [5, 5.41) is 5.15. The maximum absolute atomic E-state index is 13.4. The lowest BCUT2D eigenvalue weighted by atomic mass is 10.1. The van der Waals surface area contributed by atoms with Crippen LogP contribution in [0.2, 0.25) is 0 Å². The van der Waals surface area contributed by atoms with Crippen LogP contribution < -0.4 is 10.5 Å². The summed E-state index contributed by atoms with van der Waals surface area (Å²) in [7, 11) is 1.65. The Morgan fingerprint density at radius 2 is 1.83 bits per heavy atom. The van der Waals surface area contributed by atoms with E-state index >= 15 is 0 Å². The van der Waals surface area contributed by atoms with E-state index in [4.69, 9.17) is 0 Å². The van der Waals surface area contributed by atoms with E-state index in [9.17, 15) is 14.0 Å². The van der Waals surface area contributed by atoms with Crippen molar-refractivity contribution >= 4 is 33.1 Å². The molecule has 0 aliphatic carbocycles. The van der Waals surface area contributed by atoms with Crippen LogP contribution in [0.5, 0.6) is 0 Å². The van der Waals surface area contributed by atoms with Crippen molar-refractivity contribution in [1.82, 2.24) is 14.8 Å². The number of para-hydroxylation sites is 1. The van der Waals surface area contributed by atoms with Crippen LogP contribution in [0.4, 0.5) is 10.1 Å². The van der Waals surface area contributed by atoms with Gasteiger partial charge in [0, 0.05) is 18.3 Å². The Morgan fingerprint density at radius 1 is 1.14 bits per heavy atom. The van der Waals surface area contributed by atoms with Gasteiger partial charge in [-0.15, -0.1) is 11.3 Å². The van der Waals surface area contributed by atoms with Gasteiger partial charge in [-0.05, 0) is 43.3 Å². The van der Waals surface area contributed by atoms with Crippen LogP contribution >= 0.6 is 11.3 Å². The summed E-state index contributed by atoms with van der Waals surface area (Å²) in [5.74, 6) is -0.652. The number of thiazole rings is 1. The highest BCUT2D eigenvalue weighted by Crippen LogP contribution is 2.29. The number of likely N-dealkylation sites (N-methyl/N-ethyl adjacent to an activating group) is 1. The Balaban J connectivity index is 1.78. The number of anilines is 1. The summed E-state index contributed by atoms with van der Waals surface area (Å²) >= 11 is 1.35. The molecule has 8 heteroatoms. The number of fused-ring (bicyclic) bond motifs is 1. The van der Waals surface area contributed by atoms with Crippen LogP contribution in [0, 0.1) is 12.7 Å². The molecule has 2 heterocycles. The quantitative estimate of drug-likeness (QED) is 0.517. The maximum atomic E-state index is 13.4. The van der Waals surface area contributed by atoms with Crippen LogP contribution in [0.25, 0.3) is 21.5 Å². The number of aromatic nitrogens is 3. The van der Waals surface area contributed by atoms with E-state index in [1.165, 1.54) is 28.4 Å². The molecule has 0 saturated heterocycles. The van der Waals surface area contributed by atoms with Crippen molar-refractivity contribution in [3.05, 3.63) is 75.8 Å². The maximum Gasteiger partial charge on any atom is 0.294 e. The third-order valence-electron chi connectivity index (χ3n) is 4.53. The SMILES string of the molecule is Cc1nc2c(=O)n(CC(=O)N(C)c3ccccc3)nc(-c3ccc(F)cc3)c2s1. The molecule has 146 valence electrons. The fraction of sp³-hybridized carbons (Fsp3) is 0.143. The lowest BCUT2D eigenvalue weighted by Crippen LogP contribution is -2.35. The zero-order valence-corrected chi connectivity index (χ0v) is 16.6. The molecule has 0 spiro atoms. The minimum absolute atomic E-state index is 0.231. The average molecular weight is 408 g/mol. The van der Waals surface area contributed by atoms with E-state index in [0.717, 1.165) is 10.4 Å². The molecule has 1 amide bonds. The van der Waals surface area contributed by atoms with Crippen LogP contribution in [-0.2, 0) is 11.3 Å². The molecule has 0 N–H and O–H groups in total. The average Bonchev–Trinajstić information content (AvgIpc) is 3.13. The van der Waals surface area contributed by atoms with Crippen LogP contribution in [0.1, 0.15) is 5.01 Å². The van der Waals surface area contributed by atoms with Crippen LogP contribution in [0.3, 0.4) is 0 Å². The number of carbonyl (C=O) groups excluding carboxylic acids is 1. The normalized spacial score (nSPS) is 11.0. The van der Waals surface area contributed by atoms with Crippen molar-refractivity contribution < 1.29 is 9.18 Å². The van der Waals surface area contributed by atoms with Crippen molar-refractivity contribution in [1.29, 1.82) is 0 Å². The van der Waals surface area contributed by atoms with Gasteiger partial charge in [-0.2, -0.15) is 5.10 Å². The van der Waals surface area contributed by atoms with Gasteiger partial charge < -0.3 is 4.90 Å². The van der Waals surface area contributed by atoms with Gasteiger partial charge in [-0.1, -0.05) is 18.2 Å². The predicted molar refractivity (Wildman–Crippen MR) is 112 cm³/mol. The molecule has 0 aliphatic rings. The molecule has 2 aromatic heterocycles. The zero-order valence-electron chi connectivity index (χ0n) is 15.8. The molecule has 29 heavy (non-hydrogen) atoms. The number of rotatable bonds is 4. The lowest BCUT2D eigenvalue weighted by Gasteiger charge is -2.17. The fourth-order valence-corrected chi connectivity index (χ4v) is 3.92. The Labute approximate surface area is 169 Å². The first kappa shape index (κ1) is 18.9. The number of carbonyl (C=O) groups is 1. The largest absolute Gasteiger partial charge is 0.314 e. The number of amides is 1. The minimum atomic E-state index is -0.426. The number of halogens is 1. The van der Waals surface area contributed by atoms with Gasteiger partial charge in [-0.25, -0.2) is 14.1 Å². The number of benzene rings is 2. The number of hydrogen-bond acceptors (Lipinski definition) is 5. The van der Waals surface area contributed by atoms with Gasteiger partial charge in [-0.3, -0.25) is 9.59 Å². The van der Waals surface area contributed by atoms with Gasteiger partial charge in [0.1, 0.15) is 18.1 Å². The van der Waals surface area contributed by atoms with Crippen LogP contribution in [0.15, 0.2) is 59.4 Å². The molecule has 0 atom stereocenters. The molecule has 0 radical (unpaired) electrons. The smallest absolute Gasteiger partial charge is 0.294 e. The molecule has 0 bridgehead atoms. The van der Waals surface area contributed by atoms with Gasteiger partial charge in [0.2, 0.25) is 5.91 Å². The van der Waals surface area contributed by atoms with Crippen molar-refractivity contribution in [2.45, 2.75) is 13.5 Å². The third kappa shape index (κ3) is 3.66. The molecule has 4 aromatic rings. The molecular weight excluding hydrogens is 391 g/mol. The van der Waals surface area contributed by atoms with Crippen molar-refractivity contribution in [2.75, 3.05) is 11.9 Å². The summed E-state index contributed by atoms with van der Waals surface area (Å²) in [6.45, 7) is 1.57. The summed E-state index contributed by atoms with van der Waals surface area (Å²) in [5.41, 5.74) is 1.70. The summed E-state index contributed by atoms with van der Waals surface area (Å²) < 4.78 is 15.1. The first-order valence-corrected chi connectivity index (χ1v) is 9.71. The molecule has 0 fully saturated rings. The highest BCUT2D eigenvalue weighted by molar-refractivity contribution is 7.19. The van der Waals surface area contributed by atoms with Gasteiger partial charge in [0.15, 0.2) is 5.52 Å². The molecule has 0 saturated carbocycles. The summed E-state index contributed by atoms with van der Waals surface area (Å²) in [6.07, 6.45) is 0. The van der Waals surface area contributed by atoms with E-state index in [0.29, 0.717) is 21.0 Å². The molecule has 0 unspecified atom stereocenters. The van der Waals surface area contributed by atoms with Gasteiger partial charge >= 0.3 is 0 Å². The summed E-state index contributed by atoms with van der Waals surface area (Å²) in [4.78, 5) is 31.5. The van der Waals surface area contributed by atoms with Gasteiger partial charge in [0.25, 0.3) is 5.56 Å².